The van der Waals surface area contributed by atoms with Crippen molar-refractivity contribution >= 4 is 70.5 Å². The van der Waals surface area contributed by atoms with E-state index in [4.69, 9.17) is 0 Å². The molecule has 0 saturated heterocycles. The van der Waals surface area contributed by atoms with E-state index in [1.54, 1.807) is 0 Å². The van der Waals surface area contributed by atoms with Gasteiger partial charge < -0.3 is 59.4 Å². The molecule has 0 N–H and O–H groups in total. The molecule has 0 aromatic rings. The summed E-state index contributed by atoms with van der Waals surface area (Å²) in [5.41, 5.74) is 0. The van der Waals surface area contributed by atoms with Crippen molar-refractivity contribution in [3.05, 3.63) is 0 Å². The Hall–Kier alpha value is -2.12. The number of hydrogen-bond donors (Lipinski definition) is 0. The molecule has 6 unspecified atom stereocenters. The molecule has 62 heavy (non-hydrogen) atoms. The van der Waals surface area contributed by atoms with Gasteiger partial charge in [0.25, 0.3) is 0 Å². The maximum Gasteiger partial charge on any atom is 3.00 e. The van der Waals surface area contributed by atoms with Crippen molar-refractivity contribution in [3.8, 4) is 0 Å². The first kappa shape index (κ1) is 77.1. The Morgan fingerprint density at radius 1 is 0.258 bits per heavy atom. The van der Waals surface area contributed by atoms with E-state index in [0.29, 0.717) is 38.5 Å². The number of aliphatic carboxylic acids is 6. The Labute approximate surface area is 400 Å². The zero-order chi connectivity index (χ0) is 47.9. The van der Waals surface area contributed by atoms with Crippen LogP contribution in [0.25, 0.3) is 0 Å². The molecule has 0 aliphatic rings. The molecule has 0 aliphatic carbocycles. The fourth-order valence-corrected chi connectivity index (χ4v) is 5.63. The summed E-state index contributed by atoms with van der Waals surface area (Å²) in [6.07, 6.45) is 21.1. The first-order valence-electron chi connectivity index (χ1n) is 23.6. The van der Waals surface area contributed by atoms with Crippen LogP contribution in [0.1, 0.15) is 237 Å². The monoisotopic (exact) mass is 913 g/mol. The van der Waals surface area contributed by atoms with Crippen LogP contribution in [0, 0.1) is 35.5 Å². The summed E-state index contributed by atoms with van der Waals surface area (Å²) in [6.45, 7) is 23.7. The van der Waals surface area contributed by atoms with E-state index in [0.717, 1.165) is 116 Å². The summed E-state index contributed by atoms with van der Waals surface area (Å²) in [6, 6.07) is 0. The molecule has 0 radical (unpaired) electrons. The number of carboxylic acids is 6. The Morgan fingerprint density at radius 2 is 0.355 bits per heavy atom. The number of carboxylic acid groups (broad SMARTS) is 6. The summed E-state index contributed by atoms with van der Waals surface area (Å²) in [5.74, 6) is -6.69. The third kappa shape index (κ3) is 55.9. The molecule has 12 nitrogen and oxygen atoms in total. The second kappa shape index (κ2) is 58.9. The minimum absolute atomic E-state index is 0. The number of carbonyl (C=O) groups excluding carboxylic acids is 6. The Kier molecular flexibility index (Phi) is 73.3. The van der Waals surface area contributed by atoms with E-state index in [2.05, 4.69) is 41.5 Å². The smallest absolute Gasteiger partial charge is 0.550 e. The van der Waals surface area contributed by atoms with Crippen molar-refractivity contribution in [2.24, 2.45) is 35.5 Å². The van der Waals surface area contributed by atoms with Crippen molar-refractivity contribution in [1.82, 2.24) is 0 Å². The largest absolute Gasteiger partial charge is 3.00 e. The molecule has 0 rings (SSSR count). The van der Waals surface area contributed by atoms with Crippen LogP contribution in [0.5, 0.6) is 0 Å². The van der Waals surface area contributed by atoms with Gasteiger partial charge in [0.15, 0.2) is 0 Å². The molecule has 0 spiro atoms. The van der Waals surface area contributed by atoms with Gasteiger partial charge in [-0.25, -0.2) is 0 Å². The van der Waals surface area contributed by atoms with E-state index in [-0.39, 0.29) is 70.2 Å². The minimum Gasteiger partial charge on any atom is -0.550 e. The van der Waals surface area contributed by atoms with Crippen molar-refractivity contribution in [3.63, 3.8) is 0 Å². The molecule has 0 bridgehead atoms. The summed E-state index contributed by atoms with van der Waals surface area (Å²) < 4.78 is 0. The van der Waals surface area contributed by atoms with E-state index in [1.807, 2.05) is 41.5 Å². The van der Waals surface area contributed by atoms with Crippen LogP contribution in [0.15, 0.2) is 0 Å². The second-order valence-corrected chi connectivity index (χ2v) is 15.4. The molecule has 0 aromatic carbocycles. The number of rotatable bonds is 30. The van der Waals surface area contributed by atoms with Gasteiger partial charge in [0.1, 0.15) is 0 Å². The molecule has 360 valence electrons. The van der Waals surface area contributed by atoms with Crippen molar-refractivity contribution in [1.29, 1.82) is 0 Å². The summed E-state index contributed by atoms with van der Waals surface area (Å²) in [5, 5.41) is 62.0. The summed E-state index contributed by atoms with van der Waals surface area (Å²) in [7, 11) is 0. The van der Waals surface area contributed by atoms with E-state index >= 15 is 0 Å². The predicted octanol–water partition coefficient (Wildman–Crippen LogP) is 4.95. The zero-order valence-corrected chi connectivity index (χ0v) is 43.8. The first-order chi connectivity index (χ1) is 28.3. The van der Waals surface area contributed by atoms with Gasteiger partial charge >= 0.3 is 34.7 Å². The second-order valence-electron chi connectivity index (χ2n) is 15.4. The predicted molar refractivity (Wildman–Crippen MR) is 241 cm³/mol. The van der Waals surface area contributed by atoms with E-state index < -0.39 is 35.8 Å². The molecule has 0 saturated carbocycles. The number of unbranched alkanes of at least 4 members (excludes halogenated alkanes) is 6. The Morgan fingerprint density at radius 3 is 0.403 bits per heavy atom. The maximum atomic E-state index is 10.3. The first-order valence-corrected chi connectivity index (χ1v) is 23.6. The topological polar surface area (TPSA) is 241 Å². The standard InChI is InChI=1S/6C8H16O2.2Al/c6*1-3-5-6-7(4-2)8(9)10;;/h6*7H,3-6H2,1-2H3,(H,9,10);;/q;;;;;;2*+3/p-6. The summed E-state index contributed by atoms with van der Waals surface area (Å²) >= 11 is 0. The molecule has 14 heteroatoms. The third-order valence-corrected chi connectivity index (χ3v) is 10.4. The van der Waals surface area contributed by atoms with Gasteiger partial charge in [-0.2, -0.15) is 0 Å². The van der Waals surface area contributed by atoms with Gasteiger partial charge in [-0.1, -0.05) is 160 Å². The third-order valence-electron chi connectivity index (χ3n) is 10.4. The number of carbonyl (C=O) groups is 6. The van der Waals surface area contributed by atoms with Crippen LogP contribution in [0.3, 0.4) is 0 Å². The van der Waals surface area contributed by atoms with Gasteiger partial charge in [0.05, 0.1) is 0 Å². The quantitative estimate of drug-likeness (QED) is 0.0870. The van der Waals surface area contributed by atoms with Crippen LogP contribution >= 0.6 is 0 Å². The molecule has 0 fully saturated rings. The van der Waals surface area contributed by atoms with Gasteiger partial charge in [-0.15, -0.1) is 0 Å². The van der Waals surface area contributed by atoms with Gasteiger partial charge in [-0.05, 0) is 113 Å². The van der Waals surface area contributed by atoms with Crippen LogP contribution in [0.2, 0.25) is 0 Å². The normalized spacial score (nSPS) is 12.6. The molecular formula is C48H90Al2O12. The molecule has 0 aliphatic heterocycles. The Balaban J connectivity index is -0.0000000935. The fraction of sp³-hybridized carbons (Fsp3) is 0.875. The van der Waals surface area contributed by atoms with Crippen LogP contribution in [-0.2, 0) is 28.8 Å². The van der Waals surface area contributed by atoms with Crippen molar-refractivity contribution in [2.45, 2.75) is 237 Å². The minimum atomic E-state index is -0.893. The zero-order valence-electron chi connectivity index (χ0n) is 41.5. The number of hydrogen-bond acceptors (Lipinski definition) is 12. The summed E-state index contributed by atoms with van der Waals surface area (Å²) in [4.78, 5) is 62.0. The maximum absolute atomic E-state index is 10.3. The fourth-order valence-electron chi connectivity index (χ4n) is 5.63. The average molecular weight is 913 g/mol. The van der Waals surface area contributed by atoms with Crippen LogP contribution in [-0.4, -0.2) is 70.5 Å². The molecule has 0 aromatic heterocycles. The molecule has 6 atom stereocenters. The van der Waals surface area contributed by atoms with Gasteiger partial charge in [0, 0.05) is 35.8 Å². The SMILES string of the molecule is CCCCC(CC)C(=O)[O-].CCCCC(CC)C(=O)[O-].CCCCC(CC)C(=O)[O-].CCCCC(CC)C(=O)[O-].CCCCC(CC)C(=O)[O-].CCCCC(CC)C(=O)[O-].[Al+3].[Al+3]. The van der Waals surface area contributed by atoms with E-state index in [9.17, 15) is 59.4 Å². The van der Waals surface area contributed by atoms with Crippen LogP contribution < -0.4 is 30.6 Å². The van der Waals surface area contributed by atoms with Crippen molar-refractivity contribution in [2.75, 3.05) is 0 Å². The van der Waals surface area contributed by atoms with E-state index in [1.165, 1.54) is 0 Å². The molecular weight excluding hydrogens is 822 g/mol. The molecule has 0 heterocycles. The van der Waals surface area contributed by atoms with Gasteiger partial charge in [-0.3, -0.25) is 0 Å². The molecule has 0 amide bonds. The van der Waals surface area contributed by atoms with Gasteiger partial charge in [0.2, 0.25) is 0 Å². The average Bonchev–Trinajstić information content (AvgIpc) is 3.20. The van der Waals surface area contributed by atoms with Crippen LogP contribution in [0.4, 0.5) is 0 Å². The van der Waals surface area contributed by atoms with Crippen molar-refractivity contribution < 1.29 is 59.4 Å². The Bertz CT molecular complexity index is 811.